The van der Waals surface area contributed by atoms with Crippen molar-refractivity contribution in [3.63, 3.8) is 0 Å². The van der Waals surface area contributed by atoms with Crippen molar-refractivity contribution in [3.05, 3.63) is 51.6 Å². The molecular weight excluding hydrogens is 491 g/mol. The molecule has 0 radical (unpaired) electrons. The van der Waals surface area contributed by atoms with E-state index >= 15 is 0 Å². The second kappa shape index (κ2) is 8.79. The molecule has 1 saturated heterocycles. The normalized spacial score (nSPS) is 17.9. The van der Waals surface area contributed by atoms with E-state index in [1.54, 1.807) is 35.7 Å². The highest BCUT2D eigenvalue weighted by molar-refractivity contribution is 14.1. The summed E-state index contributed by atoms with van der Waals surface area (Å²) in [6, 6.07) is 11.5. The molecule has 2 aromatic rings. The molecule has 2 aromatic carbocycles. The van der Waals surface area contributed by atoms with Crippen molar-refractivity contribution >= 4 is 44.2 Å². The number of hydrogen-bond acceptors (Lipinski definition) is 4. The van der Waals surface area contributed by atoms with Gasteiger partial charge in [-0.2, -0.15) is 4.31 Å². The Balaban J connectivity index is 1.74. The van der Waals surface area contributed by atoms with Gasteiger partial charge in [0.05, 0.1) is 15.6 Å². The van der Waals surface area contributed by atoms with Crippen molar-refractivity contribution in [1.29, 1.82) is 0 Å². The molecule has 1 fully saturated rings. The van der Waals surface area contributed by atoms with E-state index in [-0.39, 0.29) is 16.8 Å². The van der Waals surface area contributed by atoms with Gasteiger partial charge in [-0.3, -0.25) is 4.79 Å². The van der Waals surface area contributed by atoms with Gasteiger partial charge in [-0.25, -0.2) is 8.42 Å². The van der Waals surface area contributed by atoms with Gasteiger partial charge in [0.15, 0.2) is 0 Å². The molecule has 1 N–H and O–H groups in total. The quantitative estimate of drug-likeness (QED) is 0.610. The molecule has 150 valence electrons. The number of amides is 1. The van der Waals surface area contributed by atoms with Gasteiger partial charge < -0.3 is 10.1 Å². The Morgan fingerprint density at radius 3 is 2.50 bits per heavy atom. The third-order valence-electron chi connectivity index (χ3n) is 4.87. The molecule has 1 atom stereocenters. The van der Waals surface area contributed by atoms with E-state index in [2.05, 4.69) is 27.9 Å². The van der Waals surface area contributed by atoms with Gasteiger partial charge in [0.2, 0.25) is 10.0 Å². The molecule has 0 saturated carbocycles. The van der Waals surface area contributed by atoms with Gasteiger partial charge in [0.1, 0.15) is 5.75 Å². The summed E-state index contributed by atoms with van der Waals surface area (Å²) in [7, 11) is -1.95. The Hall–Kier alpha value is -1.65. The summed E-state index contributed by atoms with van der Waals surface area (Å²) in [6.45, 7) is 2.48. The molecule has 1 amide bonds. The van der Waals surface area contributed by atoms with Gasteiger partial charge >= 0.3 is 0 Å². The van der Waals surface area contributed by atoms with Gasteiger partial charge in [0.25, 0.3) is 5.91 Å². The summed E-state index contributed by atoms with van der Waals surface area (Å²) in [4.78, 5) is 12.7. The number of carbonyl (C=O) groups is 1. The number of nitrogens with zero attached hydrogens (tertiary/aromatic N) is 1. The zero-order valence-electron chi connectivity index (χ0n) is 15.8. The van der Waals surface area contributed by atoms with Crippen LogP contribution in [0.1, 0.15) is 36.5 Å². The first-order chi connectivity index (χ1) is 13.3. The van der Waals surface area contributed by atoms with Crippen LogP contribution in [-0.2, 0) is 10.0 Å². The van der Waals surface area contributed by atoms with E-state index in [0.29, 0.717) is 17.8 Å². The first-order valence-corrected chi connectivity index (χ1v) is 11.6. The monoisotopic (exact) mass is 514 g/mol. The first-order valence-electron chi connectivity index (χ1n) is 9.09. The Morgan fingerprint density at radius 2 is 1.89 bits per heavy atom. The minimum atomic E-state index is -3.54. The number of carbonyl (C=O) groups excluding carboxylic acids is 1. The molecule has 0 spiro atoms. The smallest absolute Gasteiger partial charge is 0.255 e. The lowest BCUT2D eigenvalue weighted by atomic mass is 10.1. The number of hydrogen-bond donors (Lipinski definition) is 1. The number of anilines is 1. The molecule has 8 heteroatoms. The van der Waals surface area contributed by atoms with Crippen molar-refractivity contribution in [2.24, 2.45) is 0 Å². The van der Waals surface area contributed by atoms with Crippen LogP contribution in [0.25, 0.3) is 0 Å². The van der Waals surface area contributed by atoms with E-state index in [0.717, 1.165) is 28.6 Å². The van der Waals surface area contributed by atoms with E-state index < -0.39 is 10.0 Å². The SMILES string of the molecule is COc1ccc(NC(=O)c2ccc(S(=O)(=O)N3CCCCC3C)cc2)cc1I. The molecule has 0 aromatic heterocycles. The number of ether oxygens (including phenoxy) is 1. The number of benzene rings is 2. The summed E-state index contributed by atoms with van der Waals surface area (Å²) in [6.07, 6.45) is 2.81. The van der Waals surface area contributed by atoms with Crippen LogP contribution in [0.5, 0.6) is 5.75 Å². The number of rotatable bonds is 5. The molecule has 0 bridgehead atoms. The molecular formula is C20H23IN2O4S. The zero-order chi connectivity index (χ0) is 20.3. The van der Waals surface area contributed by atoms with E-state index in [9.17, 15) is 13.2 Å². The van der Waals surface area contributed by atoms with Gasteiger partial charge in [-0.1, -0.05) is 6.42 Å². The van der Waals surface area contributed by atoms with Crippen molar-refractivity contribution in [2.45, 2.75) is 37.1 Å². The maximum absolute atomic E-state index is 12.9. The maximum atomic E-state index is 12.9. The van der Waals surface area contributed by atoms with Crippen molar-refractivity contribution in [3.8, 4) is 5.75 Å². The highest BCUT2D eigenvalue weighted by Crippen LogP contribution is 2.26. The minimum Gasteiger partial charge on any atom is -0.496 e. The number of halogens is 1. The lowest BCUT2D eigenvalue weighted by Crippen LogP contribution is -2.41. The molecule has 1 unspecified atom stereocenters. The number of nitrogens with one attached hydrogen (secondary N) is 1. The molecule has 6 nitrogen and oxygen atoms in total. The average Bonchev–Trinajstić information content (AvgIpc) is 2.68. The third kappa shape index (κ3) is 4.49. The second-order valence-electron chi connectivity index (χ2n) is 6.79. The van der Waals surface area contributed by atoms with Crippen LogP contribution in [0.15, 0.2) is 47.4 Å². The fourth-order valence-electron chi connectivity index (χ4n) is 3.29. The van der Waals surface area contributed by atoms with Gasteiger partial charge in [-0.05, 0) is 84.8 Å². The Bertz CT molecular complexity index is 961. The van der Waals surface area contributed by atoms with Crippen LogP contribution >= 0.6 is 22.6 Å². The van der Waals surface area contributed by atoms with E-state index in [4.69, 9.17) is 4.74 Å². The number of methoxy groups -OCH3 is 1. The van der Waals surface area contributed by atoms with Crippen LogP contribution in [0, 0.1) is 3.57 Å². The van der Waals surface area contributed by atoms with Crippen molar-refractivity contribution in [2.75, 3.05) is 19.0 Å². The van der Waals surface area contributed by atoms with Crippen LogP contribution in [0.2, 0.25) is 0 Å². The van der Waals surface area contributed by atoms with Crippen LogP contribution in [0.4, 0.5) is 5.69 Å². The topological polar surface area (TPSA) is 75.7 Å². The average molecular weight is 514 g/mol. The lowest BCUT2D eigenvalue weighted by Gasteiger charge is -2.32. The van der Waals surface area contributed by atoms with Crippen LogP contribution in [-0.4, -0.2) is 38.3 Å². The first kappa shape index (κ1) is 21.1. The van der Waals surface area contributed by atoms with Crippen LogP contribution < -0.4 is 10.1 Å². The molecule has 1 aliphatic heterocycles. The third-order valence-corrected chi connectivity index (χ3v) is 7.75. The van der Waals surface area contributed by atoms with E-state index in [1.807, 2.05) is 13.0 Å². The summed E-state index contributed by atoms with van der Waals surface area (Å²) in [5, 5.41) is 2.82. The maximum Gasteiger partial charge on any atom is 0.255 e. The Labute approximate surface area is 179 Å². The standard InChI is InChI=1S/C20H23IN2O4S/c1-14-5-3-4-12-23(14)28(25,26)17-9-6-15(7-10-17)20(24)22-16-8-11-19(27-2)18(21)13-16/h6-11,13-14H,3-5,12H2,1-2H3,(H,22,24). The fourth-order valence-corrected chi connectivity index (χ4v) is 5.72. The summed E-state index contributed by atoms with van der Waals surface area (Å²) >= 11 is 2.14. The molecule has 1 aliphatic rings. The highest BCUT2D eigenvalue weighted by Gasteiger charge is 2.30. The summed E-state index contributed by atoms with van der Waals surface area (Å²) < 4.78 is 33.4. The molecule has 0 aliphatic carbocycles. The number of piperidine rings is 1. The molecule has 28 heavy (non-hydrogen) atoms. The predicted molar refractivity (Wildman–Crippen MR) is 117 cm³/mol. The Morgan fingerprint density at radius 1 is 1.18 bits per heavy atom. The highest BCUT2D eigenvalue weighted by atomic mass is 127. The molecule has 3 rings (SSSR count). The van der Waals surface area contributed by atoms with Crippen molar-refractivity contribution < 1.29 is 17.9 Å². The minimum absolute atomic E-state index is 0.000676. The largest absolute Gasteiger partial charge is 0.496 e. The zero-order valence-corrected chi connectivity index (χ0v) is 18.8. The fraction of sp³-hybridized carbons (Fsp3) is 0.350. The molecule has 1 heterocycles. The van der Waals surface area contributed by atoms with Gasteiger partial charge in [0, 0.05) is 23.8 Å². The second-order valence-corrected chi connectivity index (χ2v) is 9.84. The summed E-state index contributed by atoms with van der Waals surface area (Å²) in [5.74, 6) is 0.441. The predicted octanol–water partition coefficient (Wildman–Crippen LogP) is 4.12. The van der Waals surface area contributed by atoms with Gasteiger partial charge in [-0.15, -0.1) is 0 Å². The Kier molecular flexibility index (Phi) is 6.61. The summed E-state index contributed by atoms with van der Waals surface area (Å²) in [5.41, 5.74) is 1.05. The number of sulfonamides is 1. The van der Waals surface area contributed by atoms with E-state index in [1.165, 1.54) is 12.1 Å². The lowest BCUT2D eigenvalue weighted by molar-refractivity contribution is 0.102. The van der Waals surface area contributed by atoms with Crippen molar-refractivity contribution in [1.82, 2.24) is 4.31 Å². The van der Waals surface area contributed by atoms with Crippen LogP contribution in [0.3, 0.4) is 0 Å².